The van der Waals surface area contributed by atoms with E-state index in [4.69, 9.17) is 0 Å². The normalized spacial score (nSPS) is 27.4. The Kier molecular flexibility index (Phi) is 8.84. The van der Waals surface area contributed by atoms with Crippen LogP contribution in [0.5, 0.6) is 0 Å². The molecule has 0 aromatic rings. The Morgan fingerprint density at radius 1 is 0.950 bits per heavy atom. The quantitative estimate of drug-likeness (QED) is 0.539. The van der Waals surface area contributed by atoms with Gasteiger partial charge in [0.25, 0.3) is 0 Å². The Labute approximate surface area is 128 Å². The molecule has 3 atom stereocenters. The molecule has 1 saturated carbocycles. The largest absolute Gasteiger partial charge is 0.314 e. The molecule has 1 rings (SSSR count). The predicted molar refractivity (Wildman–Crippen MR) is 91.1 cm³/mol. The Bertz CT molecular complexity index is 234. The zero-order valence-electron chi connectivity index (χ0n) is 14.8. The molecule has 1 heteroatoms. The Balaban J connectivity index is 2.43. The van der Waals surface area contributed by atoms with Crippen LogP contribution in [0.4, 0.5) is 0 Å². The fourth-order valence-electron chi connectivity index (χ4n) is 3.81. The molecule has 120 valence electrons. The van der Waals surface area contributed by atoms with Gasteiger partial charge in [-0.2, -0.15) is 0 Å². The number of unbranched alkanes of at least 4 members (excludes halogenated alkanes) is 3. The van der Waals surface area contributed by atoms with Gasteiger partial charge in [-0.1, -0.05) is 66.7 Å². The van der Waals surface area contributed by atoms with E-state index >= 15 is 0 Å². The van der Waals surface area contributed by atoms with E-state index in [1.165, 1.54) is 57.9 Å². The van der Waals surface area contributed by atoms with Crippen molar-refractivity contribution in [3.05, 3.63) is 0 Å². The van der Waals surface area contributed by atoms with Gasteiger partial charge in [-0.05, 0) is 49.5 Å². The lowest BCUT2D eigenvalue weighted by molar-refractivity contribution is 0.133. The Morgan fingerprint density at radius 2 is 1.70 bits per heavy atom. The van der Waals surface area contributed by atoms with Gasteiger partial charge in [0.05, 0.1) is 0 Å². The van der Waals surface area contributed by atoms with Crippen molar-refractivity contribution in [2.45, 2.75) is 92.0 Å². The smallest absolute Gasteiger partial charge is 0.00104 e. The van der Waals surface area contributed by atoms with E-state index in [9.17, 15) is 0 Å². The molecule has 3 unspecified atom stereocenters. The van der Waals surface area contributed by atoms with Crippen molar-refractivity contribution in [1.82, 2.24) is 5.32 Å². The summed E-state index contributed by atoms with van der Waals surface area (Å²) in [6.45, 7) is 13.0. The number of rotatable bonds is 9. The lowest BCUT2D eigenvalue weighted by Crippen LogP contribution is -2.36. The van der Waals surface area contributed by atoms with Gasteiger partial charge >= 0.3 is 0 Å². The summed E-state index contributed by atoms with van der Waals surface area (Å²) in [5, 5.41) is 3.69. The van der Waals surface area contributed by atoms with Crippen LogP contribution in [-0.2, 0) is 0 Å². The fourth-order valence-corrected chi connectivity index (χ4v) is 3.81. The molecule has 0 aromatic heterocycles. The van der Waals surface area contributed by atoms with Crippen molar-refractivity contribution in [3.63, 3.8) is 0 Å². The van der Waals surface area contributed by atoms with E-state index in [1.807, 2.05) is 0 Å². The van der Waals surface area contributed by atoms with Crippen LogP contribution in [-0.4, -0.2) is 12.6 Å². The second-order valence-electron chi connectivity index (χ2n) is 7.75. The lowest BCUT2D eigenvalue weighted by atomic mass is 9.69. The first kappa shape index (κ1) is 18.0. The van der Waals surface area contributed by atoms with Gasteiger partial charge < -0.3 is 5.32 Å². The highest BCUT2D eigenvalue weighted by Gasteiger charge is 2.31. The third-order valence-electron chi connectivity index (χ3n) is 5.34. The van der Waals surface area contributed by atoms with E-state index in [0.29, 0.717) is 6.04 Å². The Morgan fingerprint density at radius 3 is 2.30 bits per heavy atom. The van der Waals surface area contributed by atoms with Gasteiger partial charge in [0.2, 0.25) is 0 Å². The minimum absolute atomic E-state index is 0.638. The summed E-state index contributed by atoms with van der Waals surface area (Å²) < 4.78 is 0. The highest BCUT2D eigenvalue weighted by Crippen LogP contribution is 2.39. The average Bonchev–Trinajstić information content (AvgIpc) is 2.41. The van der Waals surface area contributed by atoms with Crippen molar-refractivity contribution in [2.24, 2.45) is 23.7 Å². The van der Waals surface area contributed by atoms with Gasteiger partial charge in [-0.15, -0.1) is 0 Å². The topological polar surface area (TPSA) is 12.0 Å². The summed E-state index contributed by atoms with van der Waals surface area (Å²) in [4.78, 5) is 0. The SMILES string of the molecule is CCCCCCC1CC(C(C)C)CCC1CNC(C)C. The molecular formula is C19H39N. The zero-order chi connectivity index (χ0) is 15.0. The maximum Gasteiger partial charge on any atom is 0.00104 e. The van der Waals surface area contributed by atoms with E-state index in [-0.39, 0.29) is 0 Å². The van der Waals surface area contributed by atoms with Gasteiger partial charge in [0.15, 0.2) is 0 Å². The van der Waals surface area contributed by atoms with Gasteiger partial charge in [0, 0.05) is 6.04 Å². The van der Waals surface area contributed by atoms with E-state index in [2.05, 4.69) is 39.9 Å². The summed E-state index contributed by atoms with van der Waals surface area (Å²) in [5.74, 6) is 3.79. The first-order chi connectivity index (χ1) is 9.54. The molecule has 1 fully saturated rings. The highest BCUT2D eigenvalue weighted by atomic mass is 14.9. The van der Waals surface area contributed by atoms with Crippen LogP contribution in [0, 0.1) is 23.7 Å². The number of hydrogen-bond acceptors (Lipinski definition) is 1. The van der Waals surface area contributed by atoms with Crippen molar-refractivity contribution < 1.29 is 0 Å². The molecular weight excluding hydrogens is 242 g/mol. The van der Waals surface area contributed by atoms with Crippen LogP contribution in [0.15, 0.2) is 0 Å². The minimum atomic E-state index is 0.638. The van der Waals surface area contributed by atoms with Crippen LogP contribution < -0.4 is 5.32 Å². The molecule has 0 saturated heterocycles. The van der Waals surface area contributed by atoms with Crippen LogP contribution in [0.2, 0.25) is 0 Å². The molecule has 20 heavy (non-hydrogen) atoms. The molecule has 0 spiro atoms. The third-order valence-corrected chi connectivity index (χ3v) is 5.34. The fraction of sp³-hybridized carbons (Fsp3) is 1.00. The average molecular weight is 282 g/mol. The molecule has 1 N–H and O–H groups in total. The maximum absolute atomic E-state index is 3.69. The first-order valence-electron chi connectivity index (χ1n) is 9.27. The van der Waals surface area contributed by atoms with E-state index in [1.54, 1.807) is 0 Å². The second-order valence-corrected chi connectivity index (χ2v) is 7.75. The van der Waals surface area contributed by atoms with Crippen molar-refractivity contribution >= 4 is 0 Å². The molecule has 0 aliphatic heterocycles. The molecule has 0 aromatic carbocycles. The van der Waals surface area contributed by atoms with Crippen molar-refractivity contribution in [3.8, 4) is 0 Å². The molecule has 0 bridgehead atoms. The first-order valence-corrected chi connectivity index (χ1v) is 9.27. The summed E-state index contributed by atoms with van der Waals surface area (Å²) in [7, 11) is 0. The molecule has 0 amide bonds. The van der Waals surface area contributed by atoms with Crippen LogP contribution in [0.1, 0.15) is 86.0 Å². The summed E-state index contributed by atoms with van der Waals surface area (Å²) in [6, 6.07) is 0.638. The van der Waals surface area contributed by atoms with E-state index in [0.717, 1.165) is 23.7 Å². The van der Waals surface area contributed by atoms with Crippen LogP contribution in [0.3, 0.4) is 0 Å². The standard InChI is InChI=1S/C19H39N/c1-6-7-8-9-10-18-13-17(15(2)3)11-12-19(18)14-20-16(4)5/h15-20H,6-14H2,1-5H3. The molecule has 1 nitrogen and oxygen atoms in total. The molecule has 1 aliphatic carbocycles. The van der Waals surface area contributed by atoms with Crippen molar-refractivity contribution in [1.29, 1.82) is 0 Å². The molecule has 0 radical (unpaired) electrons. The maximum atomic E-state index is 3.69. The summed E-state index contributed by atoms with van der Waals surface area (Å²) in [5.41, 5.74) is 0. The molecule has 1 aliphatic rings. The van der Waals surface area contributed by atoms with E-state index < -0.39 is 0 Å². The van der Waals surface area contributed by atoms with Gasteiger partial charge in [-0.25, -0.2) is 0 Å². The zero-order valence-corrected chi connectivity index (χ0v) is 14.8. The van der Waals surface area contributed by atoms with Gasteiger partial charge in [0.1, 0.15) is 0 Å². The number of hydrogen-bond donors (Lipinski definition) is 1. The number of nitrogens with one attached hydrogen (secondary N) is 1. The summed E-state index contributed by atoms with van der Waals surface area (Å²) >= 11 is 0. The predicted octanol–water partition coefficient (Wildman–Crippen LogP) is 5.64. The lowest BCUT2D eigenvalue weighted by Gasteiger charge is -2.38. The van der Waals surface area contributed by atoms with Crippen molar-refractivity contribution in [2.75, 3.05) is 6.54 Å². The monoisotopic (exact) mass is 281 g/mol. The van der Waals surface area contributed by atoms with Gasteiger partial charge in [-0.3, -0.25) is 0 Å². The highest BCUT2D eigenvalue weighted by molar-refractivity contribution is 4.83. The third kappa shape index (κ3) is 6.61. The Hall–Kier alpha value is -0.0400. The second kappa shape index (κ2) is 9.82. The summed E-state index contributed by atoms with van der Waals surface area (Å²) in [6.07, 6.45) is 11.6. The minimum Gasteiger partial charge on any atom is -0.314 e. The van der Waals surface area contributed by atoms with Crippen LogP contribution >= 0.6 is 0 Å². The molecule has 0 heterocycles. The van der Waals surface area contributed by atoms with Crippen LogP contribution in [0.25, 0.3) is 0 Å².